The first-order chi connectivity index (χ1) is 17.0. The molecule has 184 valence electrons. The van der Waals surface area contributed by atoms with Crippen molar-refractivity contribution in [3.63, 3.8) is 0 Å². The zero-order valence-electron chi connectivity index (χ0n) is 19.8. The van der Waals surface area contributed by atoms with Gasteiger partial charge < -0.3 is 10.1 Å². The fraction of sp³-hybridized carbons (Fsp3) is 0.154. The van der Waals surface area contributed by atoms with Gasteiger partial charge in [0.15, 0.2) is 0 Å². The second-order valence-corrected chi connectivity index (χ2v) is 8.71. The average Bonchev–Trinajstić information content (AvgIpc) is 2.85. The normalized spacial score (nSPS) is 11.1. The van der Waals surface area contributed by atoms with Crippen LogP contribution in [0.5, 0.6) is 5.75 Å². The summed E-state index contributed by atoms with van der Waals surface area (Å²) in [7, 11) is 0. The van der Waals surface area contributed by atoms with Crippen LogP contribution in [0.3, 0.4) is 0 Å². The number of hydrogen-bond donors (Lipinski definition) is 2. The van der Waals surface area contributed by atoms with Crippen molar-refractivity contribution in [2.45, 2.75) is 20.8 Å². The first-order valence-electron chi connectivity index (χ1n) is 10.8. The standard InChI is InChI=1S/C26H24N4O6/c1-26(2,3)25(33)28-20-12-8-17(9-13-20)23(31)29-27-16-19-6-4-5-7-22(19)36-24(32)18-10-14-21(15-11-18)30(34)35/h4-16H,1-3H3,(H,28,33)(H,29,31)/b27-16+. The van der Waals surface area contributed by atoms with Crippen LogP contribution in [-0.2, 0) is 4.79 Å². The number of anilines is 1. The summed E-state index contributed by atoms with van der Waals surface area (Å²) >= 11 is 0. The minimum absolute atomic E-state index is 0.140. The molecule has 36 heavy (non-hydrogen) atoms. The number of carbonyl (C=O) groups excluding carboxylic acids is 3. The SMILES string of the molecule is CC(C)(C)C(=O)Nc1ccc(C(=O)N/N=C/c2ccccc2OC(=O)c2ccc([N+](=O)[O-])cc2)cc1. The Morgan fingerprint density at radius 2 is 1.53 bits per heavy atom. The summed E-state index contributed by atoms with van der Waals surface area (Å²) in [5, 5.41) is 17.5. The molecule has 0 saturated carbocycles. The van der Waals surface area contributed by atoms with Crippen molar-refractivity contribution in [3.05, 3.63) is 99.6 Å². The molecule has 0 fully saturated rings. The van der Waals surface area contributed by atoms with E-state index in [9.17, 15) is 24.5 Å². The maximum absolute atomic E-state index is 12.4. The smallest absolute Gasteiger partial charge is 0.343 e. The molecule has 2 amide bonds. The number of hydrazone groups is 1. The second kappa shape index (κ2) is 11.0. The Bertz CT molecular complexity index is 1310. The number of nitro groups is 1. The van der Waals surface area contributed by atoms with Gasteiger partial charge in [-0.15, -0.1) is 0 Å². The van der Waals surface area contributed by atoms with Crippen molar-refractivity contribution in [1.82, 2.24) is 5.43 Å². The van der Waals surface area contributed by atoms with Gasteiger partial charge in [-0.2, -0.15) is 5.10 Å². The third kappa shape index (κ3) is 6.83. The van der Waals surface area contributed by atoms with Crippen molar-refractivity contribution >= 4 is 35.4 Å². The molecule has 0 atom stereocenters. The monoisotopic (exact) mass is 488 g/mol. The molecule has 0 bridgehead atoms. The number of nitrogens with one attached hydrogen (secondary N) is 2. The molecule has 0 spiro atoms. The number of non-ortho nitro benzene ring substituents is 1. The van der Waals surface area contributed by atoms with Gasteiger partial charge in [-0.05, 0) is 48.5 Å². The predicted molar refractivity (Wildman–Crippen MR) is 134 cm³/mol. The molecule has 3 rings (SSSR count). The quantitative estimate of drug-likeness (QED) is 0.164. The minimum atomic E-state index is -0.701. The van der Waals surface area contributed by atoms with E-state index >= 15 is 0 Å². The van der Waals surface area contributed by atoms with Crippen LogP contribution < -0.4 is 15.5 Å². The van der Waals surface area contributed by atoms with Crippen LogP contribution in [0.25, 0.3) is 0 Å². The molecule has 0 radical (unpaired) electrons. The Morgan fingerprint density at radius 1 is 0.917 bits per heavy atom. The van der Waals surface area contributed by atoms with Gasteiger partial charge in [-0.25, -0.2) is 10.2 Å². The summed E-state index contributed by atoms with van der Waals surface area (Å²) < 4.78 is 5.40. The van der Waals surface area contributed by atoms with Crippen molar-refractivity contribution in [2.24, 2.45) is 10.5 Å². The Morgan fingerprint density at radius 3 is 2.14 bits per heavy atom. The summed E-state index contributed by atoms with van der Waals surface area (Å²) in [6.45, 7) is 5.41. The summed E-state index contributed by atoms with van der Waals surface area (Å²) in [4.78, 5) is 47.1. The van der Waals surface area contributed by atoms with E-state index in [2.05, 4.69) is 15.8 Å². The molecular weight excluding hydrogens is 464 g/mol. The van der Waals surface area contributed by atoms with E-state index in [0.717, 1.165) is 0 Å². The number of carbonyl (C=O) groups is 3. The van der Waals surface area contributed by atoms with Gasteiger partial charge in [0.2, 0.25) is 5.91 Å². The summed E-state index contributed by atoms with van der Waals surface area (Å²) in [5.41, 5.74) is 3.18. The first kappa shape index (κ1) is 25.8. The van der Waals surface area contributed by atoms with Crippen molar-refractivity contribution in [3.8, 4) is 5.75 Å². The van der Waals surface area contributed by atoms with Crippen LogP contribution in [-0.4, -0.2) is 28.9 Å². The maximum Gasteiger partial charge on any atom is 0.343 e. The Hall–Kier alpha value is -4.86. The number of benzene rings is 3. The predicted octanol–water partition coefficient (Wildman–Crippen LogP) is 4.56. The number of rotatable bonds is 7. The zero-order chi connectivity index (χ0) is 26.3. The van der Waals surface area contributed by atoms with Crippen molar-refractivity contribution in [1.29, 1.82) is 0 Å². The number of ether oxygens (including phenoxy) is 1. The lowest BCUT2D eigenvalue weighted by Crippen LogP contribution is -2.27. The number of esters is 1. The number of nitro benzene ring substituents is 1. The first-order valence-corrected chi connectivity index (χ1v) is 10.8. The van der Waals surface area contributed by atoms with Gasteiger partial charge >= 0.3 is 5.97 Å². The van der Waals surface area contributed by atoms with E-state index in [0.29, 0.717) is 16.8 Å². The van der Waals surface area contributed by atoms with E-state index < -0.39 is 22.2 Å². The lowest BCUT2D eigenvalue weighted by atomic mass is 9.95. The third-order valence-electron chi connectivity index (χ3n) is 4.89. The Labute approximate surface area is 207 Å². The van der Waals surface area contributed by atoms with E-state index in [1.54, 1.807) is 69.3 Å². The lowest BCUT2D eigenvalue weighted by molar-refractivity contribution is -0.384. The molecule has 10 heteroatoms. The van der Waals surface area contributed by atoms with Crippen molar-refractivity contribution < 1.29 is 24.0 Å². The van der Waals surface area contributed by atoms with Crippen molar-refractivity contribution in [2.75, 3.05) is 5.32 Å². The molecule has 0 saturated heterocycles. The van der Waals surface area contributed by atoms with Gasteiger partial charge in [-0.3, -0.25) is 19.7 Å². The van der Waals surface area contributed by atoms with Gasteiger partial charge in [0.05, 0.1) is 16.7 Å². The molecule has 10 nitrogen and oxygen atoms in total. The van der Waals surface area contributed by atoms with Gasteiger partial charge in [-0.1, -0.05) is 32.9 Å². The number of amides is 2. The maximum atomic E-state index is 12.4. The lowest BCUT2D eigenvalue weighted by Gasteiger charge is -2.17. The molecule has 0 aliphatic heterocycles. The van der Waals surface area contributed by atoms with E-state index in [1.807, 2.05) is 0 Å². The van der Waals surface area contributed by atoms with E-state index in [4.69, 9.17) is 4.74 Å². The molecule has 3 aromatic rings. The highest BCUT2D eigenvalue weighted by molar-refractivity contribution is 5.98. The molecule has 0 aliphatic rings. The van der Waals surface area contributed by atoms with Crippen LogP contribution >= 0.6 is 0 Å². The van der Waals surface area contributed by atoms with E-state index in [-0.39, 0.29) is 22.9 Å². The van der Waals surface area contributed by atoms with E-state index in [1.165, 1.54) is 30.5 Å². The van der Waals surface area contributed by atoms with Gasteiger partial charge in [0, 0.05) is 34.4 Å². The molecule has 0 heterocycles. The summed E-state index contributed by atoms with van der Waals surface area (Å²) in [6.07, 6.45) is 1.33. The fourth-order valence-electron chi connectivity index (χ4n) is 2.81. The minimum Gasteiger partial charge on any atom is -0.422 e. The molecule has 0 aliphatic carbocycles. The third-order valence-corrected chi connectivity index (χ3v) is 4.89. The molecule has 0 unspecified atom stereocenters. The van der Waals surface area contributed by atoms with Crippen LogP contribution in [0.4, 0.5) is 11.4 Å². The van der Waals surface area contributed by atoms with Crippen LogP contribution in [0.15, 0.2) is 77.9 Å². The average molecular weight is 489 g/mol. The summed E-state index contributed by atoms with van der Waals surface area (Å²) in [5.74, 6) is -1.12. The largest absolute Gasteiger partial charge is 0.422 e. The summed E-state index contributed by atoms with van der Waals surface area (Å²) in [6, 6.07) is 17.9. The molecule has 0 aromatic heterocycles. The van der Waals surface area contributed by atoms with Crippen LogP contribution in [0.1, 0.15) is 47.1 Å². The topological polar surface area (TPSA) is 140 Å². The molecular formula is C26H24N4O6. The highest BCUT2D eigenvalue weighted by atomic mass is 16.6. The van der Waals surface area contributed by atoms with Gasteiger partial charge in [0.25, 0.3) is 11.6 Å². The Kier molecular flexibility index (Phi) is 7.90. The Balaban J connectivity index is 1.62. The van der Waals surface area contributed by atoms with Crippen LogP contribution in [0, 0.1) is 15.5 Å². The van der Waals surface area contributed by atoms with Crippen LogP contribution in [0.2, 0.25) is 0 Å². The van der Waals surface area contributed by atoms with Gasteiger partial charge in [0.1, 0.15) is 5.75 Å². The molecule has 3 aromatic carbocycles. The molecule has 2 N–H and O–H groups in total. The fourth-order valence-corrected chi connectivity index (χ4v) is 2.81. The number of para-hydroxylation sites is 1. The number of hydrogen-bond acceptors (Lipinski definition) is 7. The zero-order valence-corrected chi connectivity index (χ0v) is 19.8. The highest BCUT2D eigenvalue weighted by Gasteiger charge is 2.21. The number of nitrogens with zero attached hydrogens (tertiary/aromatic N) is 2. The highest BCUT2D eigenvalue weighted by Crippen LogP contribution is 2.20. The second-order valence-electron chi connectivity index (χ2n) is 8.71.